The van der Waals surface area contributed by atoms with E-state index in [9.17, 15) is 9.59 Å². The summed E-state index contributed by atoms with van der Waals surface area (Å²) in [5.74, 6) is 0.0799. The van der Waals surface area contributed by atoms with Crippen LogP contribution in [0.15, 0.2) is 18.2 Å². The summed E-state index contributed by atoms with van der Waals surface area (Å²) in [6.07, 6.45) is 0.832. The fourth-order valence-corrected chi connectivity index (χ4v) is 3.91. The van der Waals surface area contributed by atoms with Crippen LogP contribution in [-0.4, -0.2) is 53.0 Å². The van der Waals surface area contributed by atoms with Gasteiger partial charge < -0.3 is 15.1 Å². The van der Waals surface area contributed by atoms with E-state index in [1.807, 2.05) is 55.7 Å². The van der Waals surface area contributed by atoms with E-state index in [0.717, 1.165) is 23.1 Å². The van der Waals surface area contributed by atoms with Crippen molar-refractivity contribution >= 4 is 11.9 Å². The minimum atomic E-state index is -0.00336. The minimum absolute atomic E-state index is 0.00336. The highest BCUT2D eigenvalue weighted by atomic mass is 16.2. The van der Waals surface area contributed by atoms with Gasteiger partial charge in [-0.1, -0.05) is 18.2 Å². The number of aryl methyl sites for hydroxylation is 2. The van der Waals surface area contributed by atoms with Crippen molar-refractivity contribution in [2.24, 2.45) is 0 Å². The van der Waals surface area contributed by atoms with Crippen molar-refractivity contribution in [3.8, 4) is 0 Å². The molecule has 5 heteroatoms. The quantitative estimate of drug-likeness (QED) is 0.910. The third-order valence-corrected chi connectivity index (χ3v) is 5.02. The third kappa shape index (κ3) is 2.69. The van der Waals surface area contributed by atoms with Crippen LogP contribution in [0.1, 0.15) is 41.8 Å². The normalized spacial score (nSPS) is 24.0. The molecule has 2 atom stereocenters. The first-order valence-electron chi connectivity index (χ1n) is 8.34. The Morgan fingerprint density at radius 2 is 1.91 bits per heavy atom. The molecule has 0 unspecified atom stereocenters. The number of benzene rings is 1. The van der Waals surface area contributed by atoms with Gasteiger partial charge in [0.1, 0.15) is 0 Å². The number of carbonyl (C=O) groups is 2. The van der Waals surface area contributed by atoms with Crippen LogP contribution in [-0.2, 0) is 0 Å². The molecule has 0 aromatic heterocycles. The minimum Gasteiger partial charge on any atom is -0.336 e. The topological polar surface area (TPSA) is 52.7 Å². The van der Waals surface area contributed by atoms with Crippen molar-refractivity contribution in [1.29, 1.82) is 0 Å². The second kappa shape index (κ2) is 5.87. The number of carbonyl (C=O) groups excluding carboxylic acids is 2. The molecule has 0 spiro atoms. The maximum atomic E-state index is 12.9. The van der Waals surface area contributed by atoms with E-state index >= 15 is 0 Å². The number of urea groups is 1. The number of nitrogens with one attached hydrogen (secondary N) is 1. The molecule has 0 radical (unpaired) electrons. The summed E-state index contributed by atoms with van der Waals surface area (Å²) in [5, 5.41) is 3.05. The summed E-state index contributed by atoms with van der Waals surface area (Å²) in [6, 6.07) is 6.35. The Bertz CT molecular complexity index is 621. The van der Waals surface area contributed by atoms with Gasteiger partial charge in [-0.3, -0.25) is 4.79 Å². The van der Waals surface area contributed by atoms with E-state index < -0.39 is 0 Å². The van der Waals surface area contributed by atoms with Crippen LogP contribution in [0.5, 0.6) is 0 Å². The summed E-state index contributed by atoms with van der Waals surface area (Å²) >= 11 is 0. The first-order valence-corrected chi connectivity index (χ1v) is 8.34. The zero-order valence-corrected chi connectivity index (χ0v) is 14.3. The van der Waals surface area contributed by atoms with E-state index in [2.05, 4.69) is 5.32 Å². The van der Waals surface area contributed by atoms with Gasteiger partial charge in [-0.25, -0.2) is 4.79 Å². The van der Waals surface area contributed by atoms with Crippen LogP contribution >= 0.6 is 0 Å². The average molecular weight is 315 g/mol. The number of hydrogen-bond acceptors (Lipinski definition) is 2. The van der Waals surface area contributed by atoms with Crippen molar-refractivity contribution in [3.63, 3.8) is 0 Å². The Morgan fingerprint density at radius 1 is 1.26 bits per heavy atom. The fraction of sp³-hybridized carbons (Fsp3) is 0.556. The lowest BCUT2D eigenvalue weighted by Crippen LogP contribution is -2.53. The highest BCUT2D eigenvalue weighted by molar-refractivity contribution is 5.97. The molecule has 0 saturated carbocycles. The van der Waals surface area contributed by atoms with Crippen LogP contribution in [0.2, 0.25) is 0 Å². The summed E-state index contributed by atoms with van der Waals surface area (Å²) in [6.45, 7) is 9.32. The van der Waals surface area contributed by atoms with Gasteiger partial charge in [-0.15, -0.1) is 0 Å². The van der Waals surface area contributed by atoms with Crippen molar-refractivity contribution in [2.45, 2.75) is 52.2 Å². The van der Waals surface area contributed by atoms with E-state index in [1.165, 1.54) is 0 Å². The predicted molar refractivity (Wildman–Crippen MR) is 89.5 cm³/mol. The zero-order valence-electron chi connectivity index (χ0n) is 14.3. The summed E-state index contributed by atoms with van der Waals surface area (Å²) in [7, 11) is 0. The lowest BCUT2D eigenvalue weighted by molar-refractivity contribution is 0.0643. The molecule has 124 valence electrons. The van der Waals surface area contributed by atoms with Gasteiger partial charge in [0.2, 0.25) is 0 Å². The molecule has 1 N–H and O–H groups in total. The number of rotatable bonds is 2. The number of likely N-dealkylation sites (tertiary alicyclic amines) is 1. The predicted octanol–water partition coefficient (Wildman–Crippen LogP) is 2.32. The molecule has 2 aliphatic rings. The van der Waals surface area contributed by atoms with Crippen LogP contribution in [0.4, 0.5) is 4.79 Å². The monoisotopic (exact) mass is 315 g/mol. The third-order valence-electron chi connectivity index (χ3n) is 5.02. The molecule has 0 bridgehead atoms. The molecule has 1 aromatic carbocycles. The lowest BCUT2D eigenvalue weighted by Gasteiger charge is -2.38. The van der Waals surface area contributed by atoms with E-state index in [0.29, 0.717) is 13.1 Å². The first kappa shape index (κ1) is 15.8. The van der Waals surface area contributed by atoms with Crippen LogP contribution in [0, 0.1) is 13.8 Å². The van der Waals surface area contributed by atoms with Crippen LogP contribution in [0.25, 0.3) is 0 Å². The Hall–Kier alpha value is -2.04. The first-order chi connectivity index (χ1) is 10.9. The fourth-order valence-electron chi connectivity index (χ4n) is 3.91. The lowest BCUT2D eigenvalue weighted by atomic mass is 9.96. The van der Waals surface area contributed by atoms with Crippen molar-refractivity contribution in [2.75, 3.05) is 13.1 Å². The van der Waals surface area contributed by atoms with Crippen LogP contribution in [0.3, 0.4) is 0 Å². The highest BCUT2D eigenvalue weighted by Crippen LogP contribution is 2.26. The smallest absolute Gasteiger partial charge is 0.318 e. The number of nitrogens with zero attached hydrogens (tertiary/aromatic N) is 2. The molecule has 23 heavy (non-hydrogen) atoms. The summed E-state index contributed by atoms with van der Waals surface area (Å²) in [4.78, 5) is 28.9. The Kier molecular flexibility index (Phi) is 4.04. The SMILES string of the molecule is Cc1cccc(C)c1C(=O)N1CC[C@H]2[C@@H](C1)NC(=O)N2C(C)C. The maximum Gasteiger partial charge on any atom is 0.318 e. The molecule has 3 rings (SSSR count). The van der Waals surface area contributed by atoms with Gasteiger partial charge in [0.05, 0.1) is 12.1 Å². The molecule has 1 aromatic rings. The number of amides is 3. The molecular weight excluding hydrogens is 290 g/mol. The summed E-state index contributed by atoms with van der Waals surface area (Å²) in [5.41, 5.74) is 2.82. The standard InChI is InChI=1S/C18H25N3O2/c1-11(2)21-15-8-9-20(10-14(15)19-18(21)23)17(22)16-12(3)6-5-7-13(16)4/h5-7,11,14-15H,8-10H2,1-4H3,(H,19,23)/t14-,15+/m1/s1. The van der Waals surface area contributed by atoms with E-state index in [4.69, 9.17) is 0 Å². The Morgan fingerprint density at radius 3 is 2.52 bits per heavy atom. The number of hydrogen-bond donors (Lipinski definition) is 1. The Balaban J connectivity index is 1.78. The molecule has 2 saturated heterocycles. The molecular formula is C18H25N3O2. The van der Waals surface area contributed by atoms with Gasteiger partial charge >= 0.3 is 6.03 Å². The van der Waals surface area contributed by atoms with Gasteiger partial charge in [-0.05, 0) is 45.2 Å². The van der Waals surface area contributed by atoms with Crippen molar-refractivity contribution in [1.82, 2.24) is 15.1 Å². The molecule has 5 nitrogen and oxygen atoms in total. The summed E-state index contributed by atoms with van der Waals surface area (Å²) < 4.78 is 0. The van der Waals surface area contributed by atoms with Gasteiger partial charge in [0.15, 0.2) is 0 Å². The molecule has 0 aliphatic carbocycles. The van der Waals surface area contributed by atoms with E-state index in [-0.39, 0.29) is 30.1 Å². The molecule has 3 amide bonds. The Labute approximate surface area is 137 Å². The van der Waals surface area contributed by atoms with E-state index in [1.54, 1.807) is 0 Å². The molecule has 2 aliphatic heterocycles. The molecule has 2 heterocycles. The van der Waals surface area contributed by atoms with Gasteiger partial charge in [0, 0.05) is 24.7 Å². The van der Waals surface area contributed by atoms with Gasteiger partial charge in [-0.2, -0.15) is 0 Å². The zero-order chi connectivity index (χ0) is 16.7. The number of piperidine rings is 1. The number of fused-ring (bicyclic) bond motifs is 1. The maximum absolute atomic E-state index is 12.9. The van der Waals surface area contributed by atoms with Crippen LogP contribution < -0.4 is 5.32 Å². The molecule has 2 fully saturated rings. The van der Waals surface area contributed by atoms with Crippen molar-refractivity contribution < 1.29 is 9.59 Å². The largest absolute Gasteiger partial charge is 0.336 e. The highest BCUT2D eigenvalue weighted by Gasteiger charge is 2.44. The average Bonchev–Trinajstić information content (AvgIpc) is 2.81. The second-order valence-electron chi connectivity index (χ2n) is 6.93. The van der Waals surface area contributed by atoms with Gasteiger partial charge in [0.25, 0.3) is 5.91 Å². The van der Waals surface area contributed by atoms with Crippen molar-refractivity contribution in [3.05, 3.63) is 34.9 Å². The second-order valence-corrected chi connectivity index (χ2v) is 6.93.